The molecular formula is C17H20ClN3O2. The molecule has 3 rings (SSSR count). The zero-order chi connectivity index (χ0) is 16.6. The maximum Gasteiger partial charge on any atom is 0.271 e. The first kappa shape index (κ1) is 16.0. The summed E-state index contributed by atoms with van der Waals surface area (Å²) in [4.78, 5) is 20.1. The van der Waals surface area contributed by atoms with Crippen molar-refractivity contribution in [3.05, 3.63) is 52.1 Å². The fraction of sp³-hybridized carbons (Fsp3) is 0.412. The van der Waals surface area contributed by atoms with Gasteiger partial charge in [0.2, 0.25) is 0 Å². The van der Waals surface area contributed by atoms with Gasteiger partial charge in [-0.25, -0.2) is 4.98 Å². The van der Waals surface area contributed by atoms with E-state index in [-0.39, 0.29) is 11.8 Å². The molecule has 6 heteroatoms. The molecule has 2 N–H and O–H groups in total. The molecule has 1 amide bonds. The van der Waals surface area contributed by atoms with Gasteiger partial charge in [-0.05, 0) is 38.0 Å². The van der Waals surface area contributed by atoms with Crippen LogP contribution in [0.5, 0.6) is 0 Å². The number of hydrogen-bond acceptors (Lipinski definition) is 3. The van der Waals surface area contributed by atoms with E-state index in [4.69, 9.17) is 16.3 Å². The summed E-state index contributed by atoms with van der Waals surface area (Å²) in [5.41, 5.74) is 1.88. The van der Waals surface area contributed by atoms with E-state index in [2.05, 4.69) is 15.3 Å². The molecule has 1 aromatic carbocycles. The predicted octanol–water partition coefficient (Wildman–Crippen LogP) is 3.01. The molecule has 2 heterocycles. The number of halogens is 1. The number of fused-ring (bicyclic) bond motifs is 1. The van der Waals surface area contributed by atoms with Gasteiger partial charge in [-0.15, -0.1) is 0 Å². The van der Waals surface area contributed by atoms with Crippen LogP contribution in [0, 0.1) is 0 Å². The third-order valence-corrected chi connectivity index (χ3v) is 4.63. The lowest BCUT2D eigenvalue weighted by molar-refractivity contribution is 0.0120. The number of nitrogens with one attached hydrogen (secondary N) is 2. The summed E-state index contributed by atoms with van der Waals surface area (Å²) in [6.45, 7) is 4.41. The van der Waals surface area contributed by atoms with Gasteiger partial charge in [0.25, 0.3) is 5.91 Å². The van der Waals surface area contributed by atoms with E-state index in [1.807, 2.05) is 38.1 Å². The van der Waals surface area contributed by atoms with Crippen molar-refractivity contribution in [1.82, 2.24) is 15.3 Å². The number of H-pyrrole nitrogens is 1. The number of benzene rings is 1. The zero-order valence-electron chi connectivity index (χ0n) is 13.4. The van der Waals surface area contributed by atoms with E-state index < -0.39 is 5.60 Å². The van der Waals surface area contributed by atoms with Crippen LogP contribution in [0.25, 0.3) is 0 Å². The average molecular weight is 334 g/mol. The Kier molecular flexibility index (Phi) is 4.17. The van der Waals surface area contributed by atoms with Gasteiger partial charge in [-0.1, -0.05) is 23.7 Å². The number of aromatic amines is 1. The highest BCUT2D eigenvalue weighted by molar-refractivity contribution is 6.30. The third kappa shape index (κ3) is 3.12. The summed E-state index contributed by atoms with van der Waals surface area (Å²) in [5, 5.41) is 3.66. The van der Waals surface area contributed by atoms with Crippen LogP contribution in [0.4, 0.5) is 0 Å². The second-order valence-electron chi connectivity index (χ2n) is 6.29. The summed E-state index contributed by atoms with van der Waals surface area (Å²) in [6, 6.07) is 7.74. The van der Waals surface area contributed by atoms with Crippen LogP contribution < -0.4 is 5.32 Å². The maximum absolute atomic E-state index is 12.3. The van der Waals surface area contributed by atoms with Crippen LogP contribution >= 0.6 is 11.6 Å². The Labute approximate surface area is 140 Å². The standard InChI is InChI=1S/C17H20ClN3O2/c1-17(2,23-3)16-20-13-8-11(9-19-15(22)14(13)21-16)10-4-6-12(18)7-5-10/h4-7,11H,8-9H2,1-3H3,(H,19,22)(H,20,21). The summed E-state index contributed by atoms with van der Waals surface area (Å²) in [5.74, 6) is 0.694. The van der Waals surface area contributed by atoms with Gasteiger partial charge in [0.15, 0.2) is 0 Å². The lowest BCUT2D eigenvalue weighted by atomic mass is 9.94. The third-order valence-electron chi connectivity index (χ3n) is 4.38. The number of ether oxygens (including phenoxy) is 1. The highest BCUT2D eigenvalue weighted by Crippen LogP contribution is 2.28. The van der Waals surface area contributed by atoms with Gasteiger partial charge in [0.1, 0.15) is 17.1 Å². The fourth-order valence-electron chi connectivity index (χ4n) is 2.72. The topological polar surface area (TPSA) is 67.0 Å². The Balaban J connectivity index is 1.94. The van der Waals surface area contributed by atoms with Gasteiger partial charge >= 0.3 is 0 Å². The van der Waals surface area contributed by atoms with Gasteiger partial charge < -0.3 is 15.0 Å². The van der Waals surface area contributed by atoms with Crippen molar-refractivity contribution in [2.45, 2.75) is 31.8 Å². The number of carbonyl (C=O) groups is 1. The van der Waals surface area contributed by atoms with E-state index >= 15 is 0 Å². The summed E-state index contributed by atoms with van der Waals surface area (Å²) in [7, 11) is 1.63. The molecule has 0 saturated heterocycles. The van der Waals surface area contributed by atoms with Crippen molar-refractivity contribution in [2.24, 2.45) is 0 Å². The number of carbonyl (C=O) groups excluding carboxylic acids is 1. The van der Waals surface area contributed by atoms with Gasteiger partial charge in [-0.3, -0.25) is 4.79 Å². The molecule has 122 valence electrons. The summed E-state index contributed by atoms with van der Waals surface area (Å²) < 4.78 is 5.45. The SMILES string of the molecule is COC(C)(C)c1nc2c([nH]1)CC(c1ccc(Cl)cc1)CNC2=O. The Morgan fingerprint density at radius 3 is 2.65 bits per heavy atom. The van der Waals surface area contributed by atoms with Crippen LogP contribution in [0.2, 0.25) is 5.02 Å². The van der Waals surface area contributed by atoms with Crippen molar-refractivity contribution < 1.29 is 9.53 Å². The number of hydrogen-bond donors (Lipinski definition) is 2. The van der Waals surface area contributed by atoms with Crippen LogP contribution in [-0.4, -0.2) is 29.5 Å². The van der Waals surface area contributed by atoms with E-state index in [1.165, 1.54) is 0 Å². The molecule has 1 aliphatic rings. The summed E-state index contributed by atoms with van der Waals surface area (Å²) >= 11 is 5.96. The fourth-order valence-corrected chi connectivity index (χ4v) is 2.84. The molecule has 0 aliphatic carbocycles. The monoisotopic (exact) mass is 333 g/mol. The molecule has 0 bridgehead atoms. The van der Waals surface area contributed by atoms with E-state index in [0.29, 0.717) is 29.5 Å². The minimum atomic E-state index is -0.567. The molecule has 2 aromatic rings. The molecule has 5 nitrogen and oxygen atoms in total. The predicted molar refractivity (Wildman–Crippen MR) is 88.9 cm³/mol. The lowest BCUT2D eigenvalue weighted by Gasteiger charge is -2.20. The number of aromatic nitrogens is 2. The van der Waals surface area contributed by atoms with E-state index in [9.17, 15) is 4.79 Å². The molecule has 23 heavy (non-hydrogen) atoms. The van der Waals surface area contributed by atoms with Crippen molar-refractivity contribution >= 4 is 17.5 Å². The Morgan fingerprint density at radius 2 is 2.00 bits per heavy atom. The van der Waals surface area contributed by atoms with Gasteiger partial charge in [0.05, 0.1) is 0 Å². The minimum Gasteiger partial charge on any atom is -0.371 e. The molecule has 0 spiro atoms. The minimum absolute atomic E-state index is 0.147. The van der Waals surface area contributed by atoms with Crippen molar-refractivity contribution in [2.75, 3.05) is 13.7 Å². The number of methoxy groups -OCH3 is 1. The second kappa shape index (κ2) is 5.98. The maximum atomic E-state index is 12.3. The van der Waals surface area contributed by atoms with Crippen LogP contribution in [0.3, 0.4) is 0 Å². The number of imidazole rings is 1. The second-order valence-corrected chi connectivity index (χ2v) is 6.73. The van der Waals surface area contributed by atoms with Crippen LogP contribution in [0.1, 0.15) is 47.3 Å². The normalized spacial score (nSPS) is 18.3. The smallest absolute Gasteiger partial charge is 0.271 e. The lowest BCUT2D eigenvalue weighted by Crippen LogP contribution is -2.27. The molecule has 1 unspecified atom stereocenters. The molecule has 0 radical (unpaired) electrons. The number of nitrogens with zero attached hydrogens (tertiary/aromatic N) is 1. The average Bonchev–Trinajstić information content (AvgIpc) is 2.90. The zero-order valence-corrected chi connectivity index (χ0v) is 14.2. The van der Waals surface area contributed by atoms with Crippen LogP contribution in [0.15, 0.2) is 24.3 Å². The summed E-state index contributed by atoms with van der Waals surface area (Å²) in [6.07, 6.45) is 0.711. The number of rotatable bonds is 3. The van der Waals surface area contributed by atoms with Crippen molar-refractivity contribution in [1.29, 1.82) is 0 Å². The molecule has 1 aromatic heterocycles. The Morgan fingerprint density at radius 1 is 1.30 bits per heavy atom. The van der Waals surface area contributed by atoms with Crippen molar-refractivity contribution in [3.8, 4) is 0 Å². The van der Waals surface area contributed by atoms with E-state index in [0.717, 1.165) is 11.3 Å². The molecular weight excluding hydrogens is 314 g/mol. The van der Waals surface area contributed by atoms with E-state index in [1.54, 1.807) is 7.11 Å². The van der Waals surface area contributed by atoms with Gasteiger partial charge in [0, 0.05) is 30.3 Å². The van der Waals surface area contributed by atoms with Crippen molar-refractivity contribution in [3.63, 3.8) is 0 Å². The number of amides is 1. The first-order chi connectivity index (χ1) is 10.9. The molecule has 0 fully saturated rings. The molecule has 1 atom stereocenters. The van der Waals surface area contributed by atoms with Gasteiger partial charge in [-0.2, -0.15) is 0 Å². The first-order valence-electron chi connectivity index (χ1n) is 7.59. The largest absolute Gasteiger partial charge is 0.371 e. The Bertz CT molecular complexity index is 722. The van der Waals surface area contributed by atoms with Crippen LogP contribution in [-0.2, 0) is 16.8 Å². The highest BCUT2D eigenvalue weighted by Gasteiger charge is 2.31. The molecule has 0 saturated carbocycles. The Hall–Kier alpha value is -1.85. The molecule has 1 aliphatic heterocycles. The highest BCUT2D eigenvalue weighted by atomic mass is 35.5. The quantitative estimate of drug-likeness (QED) is 0.907. The first-order valence-corrected chi connectivity index (χ1v) is 7.96.